The fraction of sp³-hybridized carbons (Fsp3) is 0.200. The van der Waals surface area contributed by atoms with Crippen LogP contribution in [-0.4, -0.2) is 10.8 Å². The number of anilines is 2. The number of fused-ring (bicyclic) bond motifs is 1. The molecule has 0 unspecified atom stereocenters. The molecule has 0 aliphatic heterocycles. The molecular formula is C20H18ClN3OS. The van der Waals surface area contributed by atoms with Gasteiger partial charge in [0.2, 0.25) is 0 Å². The van der Waals surface area contributed by atoms with E-state index < -0.39 is 0 Å². The number of thiophene rings is 1. The number of halogens is 1. The largest absolute Gasteiger partial charge is 0.390 e. The molecule has 0 fully saturated rings. The van der Waals surface area contributed by atoms with E-state index in [1.165, 1.54) is 17.5 Å². The third kappa shape index (κ3) is 2.97. The number of nitrogen functional groups attached to an aromatic ring is 2. The SMILES string of the molecule is Nc1cc(-c2ccc(C(=O)c3c(N)sc4c3CCCC4)cc2)c(Cl)cn1. The lowest BCUT2D eigenvalue weighted by Crippen LogP contribution is -2.09. The minimum atomic E-state index is -0.00575. The van der Waals surface area contributed by atoms with Gasteiger partial charge in [-0.25, -0.2) is 4.98 Å². The molecule has 0 saturated carbocycles. The van der Waals surface area contributed by atoms with E-state index in [1.54, 1.807) is 17.4 Å². The minimum Gasteiger partial charge on any atom is -0.390 e. The molecule has 4 N–H and O–H groups in total. The van der Waals surface area contributed by atoms with Crippen molar-refractivity contribution >= 4 is 39.5 Å². The molecule has 0 atom stereocenters. The molecule has 0 spiro atoms. The van der Waals surface area contributed by atoms with Gasteiger partial charge in [-0.05, 0) is 42.9 Å². The van der Waals surface area contributed by atoms with Gasteiger partial charge in [0.05, 0.1) is 15.6 Å². The van der Waals surface area contributed by atoms with Crippen LogP contribution in [0.2, 0.25) is 5.02 Å². The average Bonchev–Trinajstić information content (AvgIpc) is 2.99. The highest BCUT2D eigenvalue weighted by molar-refractivity contribution is 7.16. The molecule has 0 amide bonds. The molecule has 2 aromatic heterocycles. The fourth-order valence-electron chi connectivity index (χ4n) is 3.46. The monoisotopic (exact) mass is 383 g/mol. The molecule has 2 heterocycles. The first-order valence-electron chi connectivity index (χ1n) is 8.51. The predicted octanol–water partition coefficient (Wildman–Crippen LogP) is 4.74. The summed E-state index contributed by atoms with van der Waals surface area (Å²) in [5.74, 6) is 0.399. The summed E-state index contributed by atoms with van der Waals surface area (Å²) in [6.45, 7) is 0. The highest BCUT2D eigenvalue weighted by atomic mass is 35.5. The lowest BCUT2D eigenvalue weighted by atomic mass is 9.91. The van der Waals surface area contributed by atoms with E-state index >= 15 is 0 Å². The van der Waals surface area contributed by atoms with Crippen LogP contribution in [0, 0.1) is 0 Å². The number of rotatable bonds is 3. The number of hydrogen-bond donors (Lipinski definition) is 2. The number of hydrogen-bond acceptors (Lipinski definition) is 5. The maximum absolute atomic E-state index is 13.0. The van der Waals surface area contributed by atoms with E-state index in [9.17, 15) is 4.79 Å². The van der Waals surface area contributed by atoms with Crippen molar-refractivity contribution in [1.82, 2.24) is 4.98 Å². The highest BCUT2D eigenvalue weighted by Gasteiger charge is 2.24. The number of ketones is 1. The third-order valence-corrected chi connectivity index (χ3v) is 6.18. The summed E-state index contributed by atoms with van der Waals surface area (Å²) in [6, 6.07) is 9.12. The topological polar surface area (TPSA) is 82.0 Å². The van der Waals surface area contributed by atoms with Crippen molar-refractivity contribution in [2.45, 2.75) is 25.7 Å². The Hall–Kier alpha value is -2.37. The molecule has 0 saturated heterocycles. The van der Waals surface area contributed by atoms with Crippen LogP contribution in [0.25, 0.3) is 11.1 Å². The first-order valence-corrected chi connectivity index (χ1v) is 9.70. The maximum atomic E-state index is 13.0. The highest BCUT2D eigenvalue weighted by Crippen LogP contribution is 2.37. The van der Waals surface area contributed by atoms with Gasteiger partial charge < -0.3 is 11.5 Å². The Morgan fingerprint density at radius 2 is 1.85 bits per heavy atom. The second-order valence-electron chi connectivity index (χ2n) is 6.45. The van der Waals surface area contributed by atoms with Gasteiger partial charge in [0.1, 0.15) is 5.82 Å². The Labute approximate surface area is 160 Å². The van der Waals surface area contributed by atoms with Crippen molar-refractivity contribution in [3.63, 3.8) is 0 Å². The number of benzene rings is 1. The summed E-state index contributed by atoms with van der Waals surface area (Å²) in [7, 11) is 0. The zero-order chi connectivity index (χ0) is 18.3. The van der Waals surface area contributed by atoms with Gasteiger partial charge >= 0.3 is 0 Å². The smallest absolute Gasteiger partial charge is 0.196 e. The molecular weight excluding hydrogens is 366 g/mol. The Morgan fingerprint density at radius 3 is 2.62 bits per heavy atom. The van der Waals surface area contributed by atoms with Crippen molar-refractivity contribution < 1.29 is 4.79 Å². The number of carbonyl (C=O) groups excluding carboxylic acids is 1. The van der Waals surface area contributed by atoms with Gasteiger partial charge in [-0.1, -0.05) is 35.9 Å². The normalized spacial score (nSPS) is 13.4. The number of nitrogens with two attached hydrogens (primary N) is 2. The van der Waals surface area contributed by atoms with Crippen molar-refractivity contribution in [1.29, 1.82) is 0 Å². The molecule has 1 aromatic carbocycles. The summed E-state index contributed by atoms with van der Waals surface area (Å²) >= 11 is 7.78. The van der Waals surface area contributed by atoms with Crippen LogP contribution < -0.4 is 11.5 Å². The molecule has 6 heteroatoms. The molecule has 0 bridgehead atoms. The lowest BCUT2D eigenvalue weighted by molar-refractivity contribution is 0.103. The standard InChI is InChI=1S/C20H18ClN3OS/c21-15-10-24-17(22)9-14(15)11-5-7-12(8-6-11)19(25)18-13-3-1-2-4-16(13)26-20(18)23/h5-10H,1-4,23H2,(H2,22,24). The quantitative estimate of drug-likeness (QED) is 0.640. The van der Waals surface area contributed by atoms with Crippen molar-refractivity contribution in [2.75, 3.05) is 11.5 Å². The van der Waals surface area contributed by atoms with E-state index in [4.69, 9.17) is 23.1 Å². The number of pyridine rings is 1. The van der Waals surface area contributed by atoms with Gasteiger partial charge in [-0.2, -0.15) is 0 Å². The average molecular weight is 384 g/mol. The van der Waals surface area contributed by atoms with Gasteiger partial charge in [0.15, 0.2) is 5.78 Å². The molecule has 1 aliphatic carbocycles. The van der Waals surface area contributed by atoms with Crippen molar-refractivity contribution in [2.24, 2.45) is 0 Å². The zero-order valence-corrected chi connectivity index (χ0v) is 15.7. The van der Waals surface area contributed by atoms with E-state index in [0.29, 0.717) is 27.0 Å². The number of aryl methyl sites for hydroxylation is 1. The van der Waals surface area contributed by atoms with Crippen LogP contribution >= 0.6 is 22.9 Å². The van der Waals surface area contributed by atoms with Crippen LogP contribution in [0.3, 0.4) is 0 Å². The number of carbonyl (C=O) groups is 1. The number of nitrogens with zero attached hydrogens (tertiary/aromatic N) is 1. The summed E-state index contributed by atoms with van der Waals surface area (Å²) in [4.78, 5) is 18.3. The Balaban J connectivity index is 1.68. The van der Waals surface area contributed by atoms with Gasteiger partial charge in [-0.3, -0.25) is 4.79 Å². The van der Waals surface area contributed by atoms with E-state index in [0.717, 1.165) is 36.0 Å². The van der Waals surface area contributed by atoms with Gasteiger partial charge in [-0.15, -0.1) is 11.3 Å². The van der Waals surface area contributed by atoms with E-state index in [1.807, 2.05) is 24.3 Å². The number of aromatic nitrogens is 1. The zero-order valence-electron chi connectivity index (χ0n) is 14.1. The maximum Gasteiger partial charge on any atom is 0.196 e. The molecule has 26 heavy (non-hydrogen) atoms. The molecule has 132 valence electrons. The Bertz CT molecular complexity index is 995. The summed E-state index contributed by atoms with van der Waals surface area (Å²) in [5, 5.41) is 1.16. The van der Waals surface area contributed by atoms with Crippen LogP contribution in [0.1, 0.15) is 39.2 Å². The van der Waals surface area contributed by atoms with Crippen LogP contribution in [0.4, 0.5) is 10.8 Å². The Morgan fingerprint density at radius 1 is 1.12 bits per heavy atom. The minimum absolute atomic E-state index is 0.00575. The second kappa shape index (κ2) is 6.74. The summed E-state index contributed by atoms with van der Waals surface area (Å²) in [6.07, 6.45) is 5.78. The second-order valence-corrected chi connectivity index (χ2v) is 7.99. The molecule has 4 rings (SSSR count). The molecule has 3 aromatic rings. The third-order valence-electron chi connectivity index (χ3n) is 4.76. The van der Waals surface area contributed by atoms with E-state index in [-0.39, 0.29) is 5.78 Å². The molecule has 1 aliphatic rings. The van der Waals surface area contributed by atoms with Gasteiger partial charge in [0.25, 0.3) is 0 Å². The summed E-state index contributed by atoms with van der Waals surface area (Å²) < 4.78 is 0. The molecule has 4 nitrogen and oxygen atoms in total. The van der Waals surface area contributed by atoms with Crippen molar-refractivity contribution in [3.05, 3.63) is 63.1 Å². The summed E-state index contributed by atoms with van der Waals surface area (Å²) in [5.41, 5.74) is 16.1. The molecule has 0 radical (unpaired) electrons. The lowest BCUT2D eigenvalue weighted by Gasteiger charge is -2.12. The van der Waals surface area contributed by atoms with Crippen LogP contribution in [0.5, 0.6) is 0 Å². The van der Waals surface area contributed by atoms with Crippen LogP contribution in [0.15, 0.2) is 36.5 Å². The van der Waals surface area contributed by atoms with Gasteiger partial charge in [0, 0.05) is 22.2 Å². The first-order chi connectivity index (χ1) is 12.5. The van der Waals surface area contributed by atoms with Crippen LogP contribution in [-0.2, 0) is 12.8 Å². The predicted molar refractivity (Wildman–Crippen MR) is 108 cm³/mol. The Kier molecular flexibility index (Phi) is 4.42. The fourth-order valence-corrected chi connectivity index (χ4v) is 4.83. The van der Waals surface area contributed by atoms with Crippen molar-refractivity contribution in [3.8, 4) is 11.1 Å². The first kappa shape index (κ1) is 17.1. The van der Waals surface area contributed by atoms with E-state index in [2.05, 4.69) is 4.98 Å².